The molecule has 0 bridgehead atoms. The first-order valence-corrected chi connectivity index (χ1v) is 9.00. The number of pyridine rings is 1. The van der Waals surface area contributed by atoms with E-state index in [2.05, 4.69) is 4.98 Å². The summed E-state index contributed by atoms with van der Waals surface area (Å²) in [4.78, 5) is 17.8. The lowest BCUT2D eigenvalue weighted by Crippen LogP contribution is -2.37. The Hall–Kier alpha value is -2.09. The van der Waals surface area contributed by atoms with Crippen molar-refractivity contribution in [3.63, 3.8) is 0 Å². The minimum Gasteiger partial charge on any atom is -0.311 e. The van der Waals surface area contributed by atoms with E-state index in [1.54, 1.807) is 4.90 Å². The number of fused-ring (bicyclic) bond motifs is 1. The maximum Gasteiger partial charge on any atom is 0.417 e. The van der Waals surface area contributed by atoms with Crippen LogP contribution >= 0.6 is 11.8 Å². The SMILES string of the molecule is Cc1cccc2c1N(C(=O)CSc1ncc(C(F)(F)F)cc1F)CCC2. The number of aromatic nitrogens is 1. The van der Waals surface area contributed by atoms with E-state index in [9.17, 15) is 22.4 Å². The van der Waals surface area contributed by atoms with Crippen LogP contribution in [0.4, 0.5) is 23.2 Å². The third-order valence-corrected chi connectivity index (χ3v) is 5.15. The van der Waals surface area contributed by atoms with E-state index in [-0.39, 0.29) is 16.7 Å². The molecule has 1 aliphatic heterocycles. The van der Waals surface area contributed by atoms with Crippen LogP contribution in [-0.2, 0) is 17.4 Å². The summed E-state index contributed by atoms with van der Waals surface area (Å²) in [6.07, 6.45) is -2.35. The first kappa shape index (κ1) is 18.7. The second-order valence-electron chi connectivity index (χ2n) is 6.03. The summed E-state index contributed by atoms with van der Waals surface area (Å²) in [5.74, 6) is -1.39. The molecule has 0 saturated heterocycles. The number of carbonyl (C=O) groups excluding carboxylic acids is 1. The Bertz CT molecular complexity index is 838. The van der Waals surface area contributed by atoms with Gasteiger partial charge in [0, 0.05) is 18.4 Å². The zero-order valence-corrected chi connectivity index (χ0v) is 14.8. The molecule has 0 unspecified atom stereocenters. The van der Waals surface area contributed by atoms with Gasteiger partial charge in [-0.05, 0) is 37.0 Å². The fourth-order valence-corrected chi connectivity index (χ4v) is 3.73. The number of para-hydroxylation sites is 1. The van der Waals surface area contributed by atoms with Gasteiger partial charge in [-0.1, -0.05) is 30.0 Å². The number of amides is 1. The molecule has 0 fully saturated rings. The summed E-state index contributed by atoms with van der Waals surface area (Å²) in [6.45, 7) is 2.49. The monoisotopic (exact) mass is 384 g/mol. The number of alkyl halides is 3. The number of benzene rings is 1. The van der Waals surface area contributed by atoms with Crippen molar-refractivity contribution < 1.29 is 22.4 Å². The minimum absolute atomic E-state index is 0.0942. The molecule has 1 aromatic heterocycles. The Morgan fingerprint density at radius 2 is 2.12 bits per heavy atom. The van der Waals surface area contributed by atoms with Gasteiger partial charge in [-0.25, -0.2) is 9.37 Å². The zero-order chi connectivity index (χ0) is 18.9. The summed E-state index contributed by atoms with van der Waals surface area (Å²) in [7, 11) is 0. The fraction of sp³-hybridized carbons (Fsp3) is 0.333. The molecule has 3 rings (SSSR count). The van der Waals surface area contributed by atoms with Gasteiger partial charge in [0.05, 0.1) is 11.3 Å². The quantitative estimate of drug-likeness (QED) is 0.572. The van der Waals surface area contributed by atoms with E-state index in [0.717, 1.165) is 41.4 Å². The zero-order valence-electron chi connectivity index (χ0n) is 13.9. The Kier molecular flexibility index (Phi) is 5.22. The first-order chi connectivity index (χ1) is 12.3. The average molecular weight is 384 g/mol. The van der Waals surface area contributed by atoms with Gasteiger partial charge < -0.3 is 4.90 Å². The maximum absolute atomic E-state index is 13.9. The van der Waals surface area contributed by atoms with E-state index in [0.29, 0.717) is 18.8 Å². The average Bonchev–Trinajstić information content (AvgIpc) is 2.59. The van der Waals surface area contributed by atoms with Gasteiger partial charge in [0.1, 0.15) is 5.03 Å². The van der Waals surface area contributed by atoms with Crippen LogP contribution in [0.3, 0.4) is 0 Å². The van der Waals surface area contributed by atoms with Crippen LogP contribution in [0.15, 0.2) is 35.5 Å². The van der Waals surface area contributed by atoms with Crippen LogP contribution in [0.5, 0.6) is 0 Å². The van der Waals surface area contributed by atoms with Crippen molar-refractivity contribution in [3.05, 3.63) is 53.0 Å². The Labute approximate surface area is 152 Å². The predicted molar refractivity (Wildman–Crippen MR) is 91.8 cm³/mol. The van der Waals surface area contributed by atoms with E-state index < -0.39 is 17.6 Å². The minimum atomic E-state index is -4.65. The fourth-order valence-electron chi connectivity index (χ4n) is 2.99. The number of nitrogens with zero attached hydrogens (tertiary/aromatic N) is 2. The van der Waals surface area contributed by atoms with Crippen molar-refractivity contribution in [3.8, 4) is 0 Å². The third kappa shape index (κ3) is 3.85. The van der Waals surface area contributed by atoms with Gasteiger partial charge in [-0.15, -0.1) is 0 Å². The Morgan fingerprint density at radius 3 is 2.81 bits per heavy atom. The van der Waals surface area contributed by atoms with Crippen LogP contribution in [0.2, 0.25) is 0 Å². The summed E-state index contributed by atoms with van der Waals surface area (Å²) < 4.78 is 51.6. The molecule has 1 aliphatic rings. The van der Waals surface area contributed by atoms with Gasteiger partial charge in [-0.2, -0.15) is 13.2 Å². The third-order valence-electron chi connectivity index (χ3n) is 4.19. The second kappa shape index (κ2) is 7.26. The molecule has 0 aliphatic carbocycles. The number of anilines is 1. The number of carbonyl (C=O) groups is 1. The van der Waals surface area contributed by atoms with Crippen molar-refractivity contribution in [2.75, 3.05) is 17.2 Å². The van der Waals surface area contributed by atoms with Crippen LogP contribution in [0.25, 0.3) is 0 Å². The molecule has 8 heteroatoms. The maximum atomic E-state index is 13.9. The molecule has 0 atom stereocenters. The standard InChI is InChI=1S/C18H16F4N2OS/c1-11-4-2-5-12-6-3-7-24(16(11)12)15(25)10-26-17-14(19)8-13(9-23-17)18(20,21)22/h2,4-5,8-9H,3,6-7,10H2,1H3. The summed E-state index contributed by atoms with van der Waals surface area (Å²) in [5, 5.41) is -0.214. The smallest absolute Gasteiger partial charge is 0.311 e. The van der Waals surface area contributed by atoms with Crippen LogP contribution in [-0.4, -0.2) is 23.2 Å². The predicted octanol–water partition coefficient (Wildman–Crippen LogP) is 4.62. The number of hydrogen-bond donors (Lipinski definition) is 0. The van der Waals surface area contributed by atoms with Gasteiger partial charge in [0.2, 0.25) is 5.91 Å². The molecule has 2 heterocycles. The van der Waals surface area contributed by atoms with Crippen molar-refractivity contribution in [1.82, 2.24) is 4.98 Å². The van der Waals surface area contributed by atoms with Gasteiger partial charge in [-0.3, -0.25) is 4.79 Å². The molecule has 1 aromatic carbocycles. The highest BCUT2D eigenvalue weighted by Crippen LogP contribution is 2.33. The summed E-state index contributed by atoms with van der Waals surface area (Å²) in [5.41, 5.74) is 1.81. The van der Waals surface area contributed by atoms with Gasteiger partial charge in [0.15, 0.2) is 5.82 Å². The van der Waals surface area contributed by atoms with E-state index in [4.69, 9.17) is 0 Å². The number of halogens is 4. The molecule has 0 saturated carbocycles. The molecule has 0 spiro atoms. The molecule has 2 aromatic rings. The lowest BCUT2D eigenvalue weighted by Gasteiger charge is -2.31. The Morgan fingerprint density at radius 1 is 1.35 bits per heavy atom. The highest BCUT2D eigenvalue weighted by Gasteiger charge is 2.32. The van der Waals surface area contributed by atoms with E-state index in [1.165, 1.54) is 0 Å². The highest BCUT2D eigenvalue weighted by atomic mass is 32.2. The van der Waals surface area contributed by atoms with Gasteiger partial charge >= 0.3 is 6.18 Å². The number of hydrogen-bond acceptors (Lipinski definition) is 3. The molecule has 0 N–H and O–H groups in total. The molecule has 0 radical (unpaired) electrons. The second-order valence-corrected chi connectivity index (χ2v) is 6.99. The van der Waals surface area contributed by atoms with E-state index in [1.807, 2.05) is 25.1 Å². The van der Waals surface area contributed by atoms with Crippen LogP contribution < -0.4 is 4.90 Å². The van der Waals surface area contributed by atoms with Gasteiger partial charge in [0.25, 0.3) is 0 Å². The lowest BCUT2D eigenvalue weighted by molar-refractivity contribution is -0.138. The summed E-state index contributed by atoms with van der Waals surface area (Å²) in [6, 6.07) is 6.25. The van der Waals surface area contributed by atoms with Crippen LogP contribution in [0.1, 0.15) is 23.1 Å². The molecule has 26 heavy (non-hydrogen) atoms. The summed E-state index contributed by atoms with van der Waals surface area (Å²) >= 11 is 0.804. The molecule has 3 nitrogen and oxygen atoms in total. The molecular weight excluding hydrogens is 368 g/mol. The first-order valence-electron chi connectivity index (χ1n) is 8.02. The van der Waals surface area contributed by atoms with Crippen molar-refractivity contribution in [2.45, 2.75) is 31.0 Å². The number of aryl methyl sites for hydroxylation is 2. The molecule has 1 amide bonds. The normalized spacial score (nSPS) is 14.3. The number of rotatable bonds is 3. The lowest BCUT2D eigenvalue weighted by atomic mass is 9.98. The van der Waals surface area contributed by atoms with Crippen LogP contribution in [0, 0.1) is 12.7 Å². The largest absolute Gasteiger partial charge is 0.417 e. The highest BCUT2D eigenvalue weighted by molar-refractivity contribution is 7.99. The Balaban J connectivity index is 1.73. The molecular formula is C18H16F4N2OS. The van der Waals surface area contributed by atoms with Crippen molar-refractivity contribution in [1.29, 1.82) is 0 Å². The topological polar surface area (TPSA) is 33.2 Å². The number of thioether (sulfide) groups is 1. The van der Waals surface area contributed by atoms with E-state index >= 15 is 0 Å². The van der Waals surface area contributed by atoms with Crippen molar-refractivity contribution in [2.24, 2.45) is 0 Å². The van der Waals surface area contributed by atoms with Crippen molar-refractivity contribution >= 4 is 23.4 Å². The molecule has 138 valence electrons.